The number of halogens is 1. The highest BCUT2D eigenvalue weighted by Gasteiger charge is 2.25. The van der Waals surface area contributed by atoms with Crippen LogP contribution in [0.2, 0.25) is 5.02 Å². The van der Waals surface area contributed by atoms with Crippen molar-refractivity contribution in [1.29, 1.82) is 0 Å². The van der Waals surface area contributed by atoms with Crippen molar-refractivity contribution < 1.29 is 23.6 Å². The van der Waals surface area contributed by atoms with Crippen LogP contribution in [-0.2, 0) is 14.3 Å². The Bertz CT molecular complexity index is 1360. The lowest BCUT2D eigenvalue weighted by molar-refractivity contribution is -0.133. The second kappa shape index (κ2) is 11.7. The summed E-state index contributed by atoms with van der Waals surface area (Å²) < 4.78 is 10.9. The number of rotatable bonds is 8. The Morgan fingerprint density at radius 1 is 1.05 bits per heavy atom. The van der Waals surface area contributed by atoms with Gasteiger partial charge in [-0.1, -0.05) is 48.8 Å². The third kappa shape index (κ3) is 7.35. The Morgan fingerprint density at radius 2 is 1.74 bits per heavy atom. The highest BCUT2D eigenvalue weighted by atomic mass is 35.5. The summed E-state index contributed by atoms with van der Waals surface area (Å²) in [6, 6.07) is 10.7. The van der Waals surface area contributed by atoms with Crippen molar-refractivity contribution in [1.82, 2.24) is 5.16 Å². The van der Waals surface area contributed by atoms with Crippen molar-refractivity contribution >= 4 is 46.4 Å². The predicted molar refractivity (Wildman–Crippen MR) is 150 cm³/mol. The summed E-state index contributed by atoms with van der Waals surface area (Å²) in [5.41, 5.74) is 2.63. The van der Waals surface area contributed by atoms with E-state index >= 15 is 0 Å². The molecule has 0 aliphatic heterocycles. The molecule has 0 radical (unpaired) electrons. The number of anilines is 3. The van der Waals surface area contributed by atoms with E-state index in [4.69, 9.17) is 20.9 Å². The topological polar surface area (TPSA) is 123 Å². The summed E-state index contributed by atoms with van der Waals surface area (Å²) >= 11 is 6.81. The number of carbonyl (C=O) groups excluding carboxylic acids is 3. The van der Waals surface area contributed by atoms with Gasteiger partial charge in [-0.3, -0.25) is 14.9 Å². The molecule has 0 unspecified atom stereocenters. The van der Waals surface area contributed by atoms with E-state index in [1.165, 1.54) is 0 Å². The van der Waals surface area contributed by atoms with Gasteiger partial charge in [0.1, 0.15) is 5.60 Å². The second-order valence-corrected chi connectivity index (χ2v) is 10.7. The molecule has 0 fully saturated rings. The minimum atomic E-state index is -0.848. The molecule has 3 aromatic rings. The number of Topliss-reactive ketones (excluding diaryl/α,β-unsaturated/α-hetero) is 1. The number of aromatic nitrogens is 1. The molecule has 0 spiro atoms. The largest absolute Gasteiger partial charge is 0.444 e. The monoisotopic (exact) mass is 540 g/mol. The molecule has 0 atom stereocenters. The maximum Gasteiger partial charge on any atom is 0.412 e. The van der Waals surface area contributed by atoms with Crippen LogP contribution < -0.4 is 16.0 Å². The molecule has 0 aliphatic carbocycles. The first-order chi connectivity index (χ1) is 17.7. The number of amides is 2. The van der Waals surface area contributed by atoms with Gasteiger partial charge in [-0.05, 0) is 51.3 Å². The predicted octanol–water partition coefficient (Wildman–Crippen LogP) is 6.91. The number of hydrogen-bond acceptors (Lipinski definition) is 7. The quantitative estimate of drug-likeness (QED) is 0.265. The molecule has 0 saturated heterocycles. The van der Waals surface area contributed by atoms with Gasteiger partial charge >= 0.3 is 6.09 Å². The molecular formula is C28H33ClN4O5. The smallest absolute Gasteiger partial charge is 0.412 e. The third-order valence-electron chi connectivity index (χ3n) is 5.22. The van der Waals surface area contributed by atoms with Crippen molar-refractivity contribution in [3.05, 3.63) is 47.1 Å². The zero-order valence-corrected chi connectivity index (χ0v) is 23.4. The van der Waals surface area contributed by atoms with Gasteiger partial charge in [0.05, 0.1) is 27.8 Å². The zero-order chi connectivity index (χ0) is 28.2. The van der Waals surface area contributed by atoms with Gasteiger partial charge in [0.25, 0.3) is 5.91 Å². The lowest BCUT2D eigenvalue weighted by Crippen LogP contribution is -2.27. The number of aryl methyl sites for hydroxylation is 1. The third-order valence-corrected chi connectivity index (χ3v) is 5.61. The van der Waals surface area contributed by atoms with Crippen LogP contribution in [-0.4, -0.2) is 35.1 Å². The van der Waals surface area contributed by atoms with E-state index in [0.29, 0.717) is 40.4 Å². The average Bonchev–Trinajstić information content (AvgIpc) is 3.25. The Balaban J connectivity index is 2.26. The number of ether oxygens (including phenoxy) is 1. The SMILES string of the molecule is CC(=O)C(=O)Nc1c(Cl)c(NCC(C)C)cc(NC(=O)OC(C)(C)C)c1-c1cccc(-c2cc(C)no2)c1. The number of ketones is 1. The fraction of sp³-hybridized carbons (Fsp3) is 0.357. The van der Waals surface area contributed by atoms with Crippen LogP contribution in [0.5, 0.6) is 0 Å². The number of hydrogen-bond donors (Lipinski definition) is 3. The van der Waals surface area contributed by atoms with Crippen molar-refractivity contribution in [2.75, 3.05) is 22.5 Å². The second-order valence-electron chi connectivity index (χ2n) is 10.4. The van der Waals surface area contributed by atoms with Crippen molar-refractivity contribution in [2.24, 2.45) is 5.92 Å². The molecular weight excluding hydrogens is 508 g/mol. The van der Waals surface area contributed by atoms with E-state index < -0.39 is 23.4 Å². The van der Waals surface area contributed by atoms with Crippen LogP contribution in [0.4, 0.5) is 21.9 Å². The minimum Gasteiger partial charge on any atom is -0.444 e. The molecule has 10 heteroatoms. The molecule has 1 heterocycles. The van der Waals surface area contributed by atoms with E-state index in [1.54, 1.807) is 45.0 Å². The van der Waals surface area contributed by atoms with Gasteiger partial charge in [-0.2, -0.15) is 0 Å². The van der Waals surface area contributed by atoms with Crippen LogP contribution >= 0.6 is 11.6 Å². The van der Waals surface area contributed by atoms with Crippen molar-refractivity contribution in [3.63, 3.8) is 0 Å². The summed E-state index contributed by atoms with van der Waals surface area (Å²) in [4.78, 5) is 37.3. The molecule has 9 nitrogen and oxygen atoms in total. The maximum absolute atomic E-state index is 12.9. The lowest BCUT2D eigenvalue weighted by atomic mass is 9.97. The number of benzene rings is 2. The number of carbonyl (C=O) groups is 3. The summed E-state index contributed by atoms with van der Waals surface area (Å²) in [7, 11) is 0. The fourth-order valence-electron chi connectivity index (χ4n) is 3.56. The average molecular weight is 541 g/mol. The normalized spacial score (nSPS) is 11.3. The summed E-state index contributed by atoms with van der Waals surface area (Å²) in [5, 5.41) is 12.8. The van der Waals surface area contributed by atoms with E-state index in [0.717, 1.165) is 12.6 Å². The number of nitrogens with zero attached hydrogens (tertiary/aromatic N) is 1. The van der Waals surface area contributed by atoms with E-state index in [9.17, 15) is 14.4 Å². The first kappa shape index (κ1) is 28.7. The Labute approximate surface area is 227 Å². The van der Waals surface area contributed by atoms with Crippen LogP contribution in [0.3, 0.4) is 0 Å². The molecule has 1 aromatic heterocycles. The van der Waals surface area contributed by atoms with Crippen LogP contribution in [0.15, 0.2) is 40.9 Å². The highest BCUT2D eigenvalue weighted by Crippen LogP contribution is 2.45. The summed E-state index contributed by atoms with van der Waals surface area (Å²) in [6.45, 7) is 12.9. The molecule has 2 amide bonds. The fourth-order valence-corrected chi connectivity index (χ4v) is 3.82. The lowest BCUT2D eigenvalue weighted by Gasteiger charge is -2.24. The van der Waals surface area contributed by atoms with Crippen LogP contribution in [0, 0.1) is 12.8 Å². The van der Waals surface area contributed by atoms with Gasteiger partial charge in [-0.15, -0.1) is 0 Å². The van der Waals surface area contributed by atoms with Crippen LogP contribution in [0.25, 0.3) is 22.5 Å². The van der Waals surface area contributed by atoms with E-state index in [-0.39, 0.29) is 16.6 Å². The van der Waals surface area contributed by atoms with Gasteiger partial charge in [0.2, 0.25) is 5.78 Å². The number of nitrogens with one attached hydrogen (secondary N) is 3. The molecule has 3 N–H and O–H groups in total. The van der Waals surface area contributed by atoms with Crippen molar-refractivity contribution in [2.45, 2.75) is 54.1 Å². The molecule has 3 rings (SSSR count). The van der Waals surface area contributed by atoms with Crippen molar-refractivity contribution in [3.8, 4) is 22.5 Å². The molecule has 2 aromatic carbocycles. The molecule has 202 valence electrons. The van der Waals surface area contributed by atoms with E-state index in [1.807, 2.05) is 32.9 Å². The minimum absolute atomic E-state index is 0.164. The highest BCUT2D eigenvalue weighted by molar-refractivity contribution is 6.43. The molecule has 0 aliphatic rings. The first-order valence-corrected chi connectivity index (χ1v) is 12.6. The Kier molecular flexibility index (Phi) is 8.83. The summed E-state index contributed by atoms with van der Waals surface area (Å²) in [6.07, 6.45) is -0.693. The Hall–Kier alpha value is -3.85. The van der Waals surface area contributed by atoms with Gasteiger partial charge in [0.15, 0.2) is 5.76 Å². The van der Waals surface area contributed by atoms with Crippen LogP contribution in [0.1, 0.15) is 47.2 Å². The van der Waals surface area contributed by atoms with Gasteiger partial charge in [-0.25, -0.2) is 4.79 Å². The molecule has 0 bridgehead atoms. The Morgan fingerprint density at radius 3 is 2.32 bits per heavy atom. The zero-order valence-electron chi connectivity index (χ0n) is 22.6. The van der Waals surface area contributed by atoms with E-state index in [2.05, 4.69) is 21.1 Å². The van der Waals surface area contributed by atoms with Gasteiger partial charge in [0, 0.05) is 30.7 Å². The first-order valence-electron chi connectivity index (χ1n) is 12.2. The summed E-state index contributed by atoms with van der Waals surface area (Å²) in [5.74, 6) is -0.716. The standard InChI is InChI=1S/C28H33ClN4O5/c1-15(2)14-30-21-13-20(31-27(36)37-28(5,6)7)23(25(24(21)29)32-26(35)17(4)34)19-10-8-9-18(12-19)22-11-16(3)33-38-22/h8-13,15,30H,14H2,1-7H3,(H,31,36)(H,32,35). The molecule has 38 heavy (non-hydrogen) atoms. The maximum atomic E-state index is 12.9. The van der Waals surface area contributed by atoms with Gasteiger partial charge < -0.3 is 19.9 Å². The molecule has 0 saturated carbocycles.